The Hall–Kier alpha value is -2.17. The van der Waals surface area contributed by atoms with Gasteiger partial charge in [-0.1, -0.05) is 23.9 Å². The topological polar surface area (TPSA) is 52.6 Å². The van der Waals surface area contributed by atoms with Crippen molar-refractivity contribution in [2.75, 3.05) is 39.8 Å². The third kappa shape index (κ3) is 6.74. The molecule has 0 saturated carbocycles. The lowest BCUT2D eigenvalue weighted by molar-refractivity contribution is -0.137. The summed E-state index contributed by atoms with van der Waals surface area (Å²) in [6.07, 6.45) is -2.77. The average molecular weight is 508 g/mol. The number of thioether (sulfide) groups is 1. The molecule has 1 aromatic heterocycles. The molecule has 4 rings (SSSR count). The highest BCUT2D eigenvalue weighted by Gasteiger charge is 2.40. The Bertz CT molecular complexity index is 1010. The van der Waals surface area contributed by atoms with E-state index in [4.69, 9.17) is 0 Å². The van der Waals surface area contributed by atoms with E-state index < -0.39 is 11.7 Å². The van der Waals surface area contributed by atoms with Gasteiger partial charge in [-0.2, -0.15) is 13.2 Å². The van der Waals surface area contributed by atoms with Crippen molar-refractivity contribution >= 4 is 17.7 Å². The molecule has 0 unspecified atom stereocenters. The van der Waals surface area contributed by atoms with Crippen LogP contribution in [0.15, 0.2) is 35.5 Å². The molecule has 0 bridgehead atoms. The Kier molecular flexibility index (Phi) is 8.02. The van der Waals surface area contributed by atoms with Crippen LogP contribution >= 0.6 is 11.8 Å². The lowest BCUT2D eigenvalue weighted by atomic mass is 10.1. The Morgan fingerprint density at radius 3 is 2.40 bits per heavy atom. The fourth-order valence-corrected chi connectivity index (χ4v) is 6.02. The second-order valence-corrected chi connectivity index (χ2v) is 10.8. The number of nitrogens with zero attached hydrogens (tertiary/aromatic N) is 5. The molecule has 2 aromatic rings. The molecule has 35 heavy (non-hydrogen) atoms. The predicted octanol–water partition coefficient (Wildman–Crippen LogP) is 4.01. The highest BCUT2D eigenvalue weighted by atomic mass is 32.2. The maximum absolute atomic E-state index is 13.6. The van der Waals surface area contributed by atoms with Crippen LogP contribution in [-0.2, 0) is 17.5 Å². The predicted molar refractivity (Wildman–Crippen MR) is 130 cm³/mol. The van der Waals surface area contributed by atoms with Crippen LogP contribution in [0.4, 0.5) is 13.2 Å². The number of carbonyl (C=O) groups excluding carboxylic acids is 1. The van der Waals surface area contributed by atoms with Crippen molar-refractivity contribution in [3.63, 3.8) is 0 Å². The molecule has 190 valence electrons. The first-order chi connectivity index (χ1) is 16.6. The van der Waals surface area contributed by atoms with E-state index >= 15 is 0 Å². The molecule has 2 aliphatic heterocycles. The van der Waals surface area contributed by atoms with Crippen LogP contribution in [0.2, 0.25) is 0 Å². The van der Waals surface area contributed by atoms with Gasteiger partial charge in [0, 0.05) is 49.4 Å². The Morgan fingerprint density at radius 1 is 1.06 bits per heavy atom. The minimum atomic E-state index is -4.36. The zero-order valence-electron chi connectivity index (χ0n) is 20.4. The van der Waals surface area contributed by atoms with Crippen molar-refractivity contribution in [1.29, 1.82) is 0 Å². The second kappa shape index (κ2) is 10.8. The third-order valence-corrected chi connectivity index (χ3v) is 7.65. The lowest BCUT2D eigenvalue weighted by Gasteiger charge is -2.29. The fourth-order valence-electron chi connectivity index (χ4n) is 4.79. The molecule has 2 saturated heterocycles. The van der Waals surface area contributed by atoms with E-state index in [1.165, 1.54) is 12.1 Å². The number of amides is 1. The molecule has 1 amide bonds. The number of carbonyl (C=O) groups is 1. The van der Waals surface area contributed by atoms with E-state index in [0.717, 1.165) is 55.1 Å². The number of aryl methyl sites for hydroxylation is 2. The van der Waals surface area contributed by atoms with E-state index in [9.17, 15) is 18.0 Å². The standard InChI is InChI=1S/C25H32F3N5OS/c1-17-13-18(2)30-24(29-17)35-21-14-22(23(34)32-10-4-9-31(3)11-12-32)33(16-21)15-19-5-7-20(8-6-19)25(26,27)28/h5-8,13,21-22H,4,9-12,14-16H2,1-3H3/t21-,22+/m1/s1. The maximum atomic E-state index is 13.6. The number of hydrogen-bond acceptors (Lipinski definition) is 6. The first-order valence-corrected chi connectivity index (χ1v) is 12.8. The minimum Gasteiger partial charge on any atom is -0.340 e. The molecule has 1 aromatic carbocycles. The van der Waals surface area contributed by atoms with E-state index in [-0.39, 0.29) is 17.2 Å². The summed E-state index contributed by atoms with van der Waals surface area (Å²) in [7, 11) is 2.07. The van der Waals surface area contributed by atoms with Gasteiger partial charge in [-0.3, -0.25) is 9.69 Å². The Balaban J connectivity index is 1.52. The Labute approximate surface area is 208 Å². The minimum absolute atomic E-state index is 0.108. The number of rotatable bonds is 5. The van der Waals surface area contributed by atoms with Crippen LogP contribution in [0.3, 0.4) is 0 Å². The maximum Gasteiger partial charge on any atom is 0.416 e. The van der Waals surface area contributed by atoms with Crippen LogP contribution in [0, 0.1) is 13.8 Å². The molecule has 6 nitrogen and oxygen atoms in total. The number of likely N-dealkylation sites (tertiary alicyclic amines) is 1. The van der Waals surface area contributed by atoms with Gasteiger partial charge >= 0.3 is 6.18 Å². The number of alkyl halides is 3. The van der Waals surface area contributed by atoms with Crippen LogP contribution in [0.25, 0.3) is 0 Å². The molecule has 2 fully saturated rings. The zero-order chi connectivity index (χ0) is 25.2. The van der Waals surface area contributed by atoms with Gasteiger partial charge in [0.2, 0.25) is 5.91 Å². The molecule has 0 N–H and O–H groups in total. The Morgan fingerprint density at radius 2 is 1.74 bits per heavy atom. The van der Waals surface area contributed by atoms with Gasteiger partial charge in [0.1, 0.15) is 0 Å². The second-order valence-electron chi connectivity index (χ2n) is 9.53. The molecular weight excluding hydrogens is 475 g/mol. The summed E-state index contributed by atoms with van der Waals surface area (Å²) in [4.78, 5) is 29.0. The van der Waals surface area contributed by atoms with Crippen molar-refractivity contribution in [2.24, 2.45) is 0 Å². The van der Waals surface area contributed by atoms with Crippen molar-refractivity contribution < 1.29 is 18.0 Å². The summed E-state index contributed by atoms with van der Waals surface area (Å²) in [5.41, 5.74) is 1.91. The van der Waals surface area contributed by atoms with Gasteiger partial charge in [0.05, 0.1) is 11.6 Å². The SMILES string of the molecule is Cc1cc(C)nc(S[C@@H]2C[C@@H](C(=O)N3CCCN(C)CC3)N(Cc3ccc(C(F)(F)F)cc3)C2)n1. The van der Waals surface area contributed by atoms with Gasteiger partial charge in [-0.05, 0) is 64.0 Å². The van der Waals surface area contributed by atoms with Gasteiger partial charge in [0.25, 0.3) is 0 Å². The molecule has 2 aliphatic rings. The van der Waals surface area contributed by atoms with Gasteiger partial charge in [0.15, 0.2) is 5.16 Å². The summed E-state index contributed by atoms with van der Waals surface area (Å²) < 4.78 is 39.0. The highest BCUT2D eigenvalue weighted by Crippen LogP contribution is 2.34. The molecule has 0 radical (unpaired) electrons. The quantitative estimate of drug-likeness (QED) is 0.570. The van der Waals surface area contributed by atoms with Crippen molar-refractivity contribution in [2.45, 2.75) is 55.9 Å². The van der Waals surface area contributed by atoms with E-state index in [0.29, 0.717) is 31.2 Å². The summed E-state index contributed by atoms with van der Waals surface area (Å²) in [5.74, 6) is 0.108. The van der Waals surface area contributed by atoms with Crippen LogP contribution in [0.5, 0.6) is 0 Å². The molecule has 3 heterocycles. The number of likely N-dealkylation sites (N-methyl/N-ethyl adjacent to an activating group) is 1. The molecule has 0 aliphatic carbocycles. The monoisotopic (exact) mass is 507 g/mol. The average Bonchev–Trinajstić information content (AvgIpc) is 3.02. The molecule has 2 atom stereocenters. The van der Waals surface area contributed by atoms with Crippen molar-refractivity contribution in [3.8, 4) is 0 Å². The van der Waals surface area contributed by atoms with Gasteiger partial charge in [-0.15, -0.1) is 0 Å². The largest absolute Gasteiger partial charge is 0.416 e. The fraction of sp³-hybridized carbons (Fsp3) is 0.560. The smallest absolute Gasteiger partial charge is 0.340 e. The summed E-state index contributed by atoms with van der Waals surface area (Å²) in [6.45, 7) is 8.17. The van der Waals surface area contributed by atoms with Gasteiger partial charge in [-0.25, -0.2) is 9.97 Å². The first-order valence-electron chi connectivity index (χ1n) is 11.9. The number of aromatic nitrogens is 2. The summed E-state index contributed by atoms with van der Waals surface area (Å²) >= 11 is 1.58. The van der Waals surface area contributed by atoms with Crippen LogP contribution in [-0.4, -0.2) is 81.6 Å². The zero-order valence-corrected chi connectivity index (χ0v) is 21.2. The molecule has 10 heteroatoms. The van der Waals surface area contributed by atoms with Crippen LogP contribution in [0.1, 0.15) is 35.4 Å². The lowest BCUT2D eigenvalue weighted by Crippen LogP contribution is -2.46. The van der Waals surface area contributed by atoms with Crippen LogP contribution < -0.4 is 0 Å². The van der Waals surface area contributed by atoms with Gasteiger partial charge < -0.3 is 9.80 Å². The van der Waals surface area contributed by atoms with E-state index in [1.807, 2.05) is 24.8 Å². The number of hydrogen-bond donors (Lipinski definition) is 0. The summed E-state index contributed by atoms with van der Waals surface area (Å²) in [5, 5.41) is 0.820. The number of benzene rings is 1. The first kappa shape index (κ1) is 25.9. The number of halogens is 3. The molecular formula is C25H32F3N5OS. The summed E-state index contributed by atoms with van der Waals surface area (Å²) in [6, 6.07) is 6.87. The van der Waals surface area contributed by atoms with Crippen molar-refractivity contribution in [1.82, 2.24) is 24.7 Å². The van der Waals surface area contributed by atoms with E-state index in [1.54, 1.807) is 11.8 Å². The highest BCUT2D eigenvalue weighted by molar-refractivity contribution is 7.99. The third-order valence-electron chi connectivity index (χ3n) is 6.58. The normalized spacial score (nSPS) is 22.4. The van der Waals surface area contributed by atoms with Crippen molar-refractivity contribution in [3.05, 3.63) is 52.8 Å². The van der Waals surface area contributed by atoms with E-state index in [2.05, 4.69) is 26.8 Å². The molecule has 0 spiro atoms.